The second-order valence-corrected chi connectivity index (χ2v) is 12.6. The molecule has 1 aliphatic heterocycles. The lowest BCUT2D eigenvalue weighted by molar-refractivity contribution is 0.122. The van der Waals surface area contributed by atoms with Crippen LogP contribution in [0.1, 0.15) is 12.5 Å². The maximum absolute atomic E-state index is 13.3. The van der Waals surface area contributed by atoms with Crippen LogP contribution in [0.5, 0.6) is 0 Å². The number of aromatic nitrogens is 4. The topological polar surface area (TPSA) is 119 Å². The van der Waals surface area contributed by atoms with Gasteiger partial charge in [-0.15, -0.1) is 6.58 Å². The zero-order chi connectivity index (χ0) is 29.0. The van der Waals surface area contributed by atoms with E-state index < -0.39 is 9.73 Å². The van der Waals surface area contributed by atoms with Crippen LogP contribution in [-0.4, -0.2) is 68.9 Å². The molecule has 0 spiro atoms. The van der Waals surface area contributed by atoms with Gasteiger partial charge in [0.1, 0.15) is 5.39 Å². The molecule has 1 aliphatic rings. The summed E-state index contributed by atoms with van der Waals surface area (Å²) in [4.78, 5) is 24.9. The first-order valence-corrected chi connectivity index (χ1v) is 15.9. The molecule has 0 saturated carbocycles. The van der Waals surface area contributed by atoms with Crippen molar-refractivity contribution in [3.8, 4) is 5.69 Å². The Labute approximate surface area is 240 Å². The molecule has 2 N–H and O–H groups in total. The summed E-state index contributed by atoms with van der Waals surface area (Å²) in [6.45, 7) is 10.9. The van der Waals surface area contributed by atoms with Gasteiger partial charge >= 0.3 is 0 Å². The van der Waals surface area contributed by atoms with Gasteiger partial charge in [0.15, 0.2) is 5.65 Å². The second kappa shape index (κ2) is 12.2. The number of morpholine rings is 1. The number of benzene rings is 2. The zero-order valence-electron chi connectivity index (χ0n) is 23.7. The van der Waals surface area contributed by atoms with E-state index in [1.165, 1.54) is 5.69 Å². The fourth-order valence-electron chi connectivity index (χ4n) is 4.88. The Kier molecular flexibility index (Phi) is 8.52. The first-order chi connectivity index (χ1) is 19.8. The van der Waals surface area contributed by atoms with Crippen LogP contribution in [0.25, 0.3) is 16.7 Å². The van der Waals surface area contributed by atoms with Crippen LogP contribution in [0, 0.1) is 0 Å². The zero-order valence-corrected chi connectivity index (χ0v) is 24.5. The van der Waals surface area contributed by atoms with Crippen molar-refractivity contribution in [3.63, 3.8) is 0 Å². The molecule has 0 unspecified atom stereocenters. The van der Waals surface area contributed by atoms with E-state index in [1.807, 2.05) is 18.2 Å². The van der Waals surface area contributed by atoms with E-state index >= 15 is 0 Å². The van der Waals surface area contributed by atoms with Crippen LogP contribution in [0.2, 0.25) is 0 Å². The molecule has 0 amide bonds. The molecular formula is C29H36N8O3S. The summed E-state index contributed by atoms with van der Waals surface area (Å²) in [5.74, 6) is 0.363. The lowest BCUT2D eigenvalue weighted by Crippen LogP contribution is -2.37. The summed E-state index contributed by atoms with van der Waals surface area (Å²) in [6, 6.07) is 13.5. The Morgan fingerprint density at radius 2 is 1.98 bits per heavy atom. The Morgan fingerprint density at radius 1 is 1.17 bits per heavy atom. The van der Waals surface area contributed by atoms with Gasteiger partial charge in [-0.3, -0.25) is 4.79 Å². The minimum Gasteiger partial charge on any atom is -0.378 e. The molecule has 2 aromatic carbocycles. The number of nitrogens with one attached hydrogen (secondary N) is 2. The molecular weight excluding hydrogens is 540 g/mol. The van der Waals surface area contributed by atoms with Gasteiger partial charge in [-0.25, -0.2) is 18.6 Å². The predicted molar refractivity (Wildman–Crippen MR) is 166 cm³/mol. The lowest BCUT2D eigenvalue weighted by atomic mass is 10.1. The van der Waals surface area contributed by atoms with Crippen molar-refractivity contribution in [2.45, 2.75) is 20.0 Å². The fraction of sp³-hybridized carbons (Fsp3) is 0.345. The number of nitrogens with zero attached hydrogens (tertiary/aromatic N) is 6. The van der Waals surface area contributed by atoms with E-state index in [9.17, 15) is 9.00 Å². The normalized spacial score (nSPS) is 13.9. The number of rotatable bonds is 10. The van der Waals surface area contributed by atoms with Crippen LogP contribution >= 0.6 is 0 Å². The molecule has 216 valence electrons. The maximum Gasteiger partial charge on any atom is 0.278 e. The van der Waals surface area contributed by atoms with Crippen molar-refractivity contribution in [3.05, 3.63) is 77.2 Å². The van der Waals surface area contributed by atoms with Gasteiger partial charge < -0.3 is 20.3 Å². The number of anilines is 3. The summed E-state index contributed by atoms with van der Waals surface area (Å²) in [5, 5.41) is 7.14. The first-order valence-electron chi connectivity index (χ1n) is 13.6. The third-order valence-corrected chi connectivity index (χ3v) is 7.28. The summed E-state index contributed by atoms with van der Waals surface area (Å²) in [5.41, 5.74) is 4.62. The fourth-order valence-corrected chi connectivity index (χ4v) is 5.50. The van der Waals surface area contributed by atoms with Crippen molar-refractivity contribution in [1.29, 1.82) is 0 Å². The van der Waals surface area contributed by atoms with Gasteiger partial charge in [-0.2, -0.15) is 9.35 Å². The average molecular weight is 577 g/mol. The highest BCUT2D eigenvalue weighted by atomic mass is 32.2. The third-order valence-electron chi connectivity index (χ3n) is 6.63. The summed E-state index contributed by atoms with van der Waals surface area (Å²) < 4.78 is 25.5. The number of fused-ring (bicyclic) bond motifs is 1. The molecule has 12 heteroatoms. The third kappa shape index (κ3) is 6.50. The standard InChI is InChI=1S/C29H36N8O3S/c1-5-12-36-28(38)25-20-31-29(33-27(25)37(36)24-9-7-8-23(18-24)34-41(3,4)39)32-22-10-11-26(21(17-22)19-30-6-2)35-13-15-40-16-14-35/h5,7-11,17-18,20,30H,1,6,12-16,19H2,2-4H3,(H,31,32,33). The highest BCUT2D eigenvalue weighted by molar-refractivity contribution is 7.92. The second-order valence-electron chi connectivity index (χ2n) is 10.1. The minimum atomic E-state index is -2.36. The molecule has 0 aliphatic carbocycles. The smallest absolute Gasteiger partial charge is 0.278 e. The Morgan fingerprint density at radius 3 is 2.71 bits per heavy atom. The van der Waals surface area contributed by atoms with E-state index in [4.69, 9.17) is 9.72 Å². The molecule has 5 rings (SSSR count). The van der Waals surface area contributed by atoms with Crippen LogP contribution in [0.15, 0.2) is 70.5 Å². The van der Waals surface area contributed by atoms with Crippen molar-refractivity contribution in [1.82, 2.24) is 24.6 Å². The van der Waals surface area contributed by atoms with Gasteiger partial charge in [0.25, 0.3) is 5.56 Å². The maximum atomic E-state index is 13.3. The Hall–Kier alpha value is -4.00. The van der Waals surface area contributed by atoms with E-state index in [1.54, 1.807) is 46.3 Å². The molecule has 4 aromatic rings. The van der Waals surface area contributed by atoms with E-state index in [-0.39, 0.29) is 12.1 Å². The molecule has 2 aromatic heterocycles. The van der Waals surface area contributed by atoms with Crippen molar-refractivity contribution in [2.24, 2.45) is 4.36 Å². The van der Waals surface area contributed by atoms with Crippen molar-refractivity contribution < 1.29 is 8.95 Å². The number of ether oxygens (including phenoxy) is 1. The molecule has 1 saturated heterocycles. The average Bonchev–Trinajstić information content (AvgIpc) is 3.22. The first kappa shape index (κ1) is 28.5. The highest BCUT2D eigenvalue weighted by Gasteiger charge is 2.19. The van der Waals surface area contributed by atoms with Gasteiger partial charge in [0.2, 0.25) is 5.95 Å². The summed E-state index contributed by atoms with van der Waals surface area (Å²) in [7, 11) is -2.36. The molecule has 0 bridgehead atoms. The highest BCUT2D eigenvalue weighted by Crippen LogP contribution is 2.27. The van der Waals surface area contributed by atoms with E-state index in [0.29, 0.717) is 41.6 Å². The Balaban J connectivity index is 1.56. The minimum absolute atomic E-state index is 0.230. The lowest BCUT2D eigenvalue weighted by Gasteiger charge is -2.31. The molecule has 41 heavy (non-hydrogen) atoms. The van der Waals surface area contributed by atoms with E-state index in [2.05, 4.69) is 50.5 Å². The van der Waals surface area contributed by atoms with Crippen molar-refractivity contribution >= 4 is 43.8 Å². The van der Waals surface area contributed by atoms with Gasteiger partial charge in [0, 0.05) is 59.4 Å². The van der Waals surface area contributed by atoms with Crippen LogP contribution in [-0.2, 0) is 27.6 Å². The Bertz CT molecular complexity index is 1740. The molecule has 0 radical (unpaired) electrons. The monoisotopic (exact) mass is 576 g/mol. The van der Waals surface area contributed by atoms with Crippen LogP contribution in [0.4, 0.5) is 23.0 Å². The van der Waals surface area contributed by atoms with E-state index in [0.717, 1.165) is 37.4 Å². The van der Waals surface area contributed by atoms with Gasteiger partial charge in [-0.1, -0.05) is 19.1 Å². The molecule has 3 heterocycles. The summed E-state index contributed by atoms with van der Waals surface area (Å²) in [6.07, 6.45) is 6.37. The molecule has 11 nitrogen and oxygen atoms in total. The number of hydrogen-bond donors (Lipinski definition) is 2. The van der Waals surface area contributed by atoms with Crippen LogP contribution < -0.4 is 21.1 Å². The van der Waals surface area contributed by atoms with Gasteiger partial charge in [-0.05, 0) is 48.5 Å². The quantitative estimate of drug-likeness (QED) is 0.274. The largest absolute Gasteiger partial charge is 0.378 e. The number of hydrogen-bond acceptors (Lipinski definition) is 9. The van der Waals surface area contributed by atoms with Gasteiger partial charge in [0.05, 0.1) is 31.1 Å². The number of allylic oxidation sites excluding steroid dienone is 1. The molecule has 1 fully saturated rings. The van der Waals surface area contributed by atoms with Crippen molar-refractivity contribution in [2.75, 3.05) is 55.6 Å². The SMILES string of the molecule is C=CCn1c(=O)c2cnc(Nc3ccc(N4CCOCC4)c(CNCC)c3)nc2n1-c1cccc(N=S(C)(C)=O)c1. The van der Waals surface area contributed by atoms with Crippen LogP contribution in [0.3, 0.4) is 0 Å². The summed E-state index contributed by atoms with van der Waals surface area (Å²) >= 11 is 0. The predicted octanol–water partition coefficient (Wildman–Crippen LogP) is 3.82. The molecule has 0 atom stereocenters.